The Morgan fingerprint density at radius 2 is 2.33 bits per heavy atom. The number of imidazole rings is 1. The number of aromatic nitrogens is 2. The smallest absolute Gasteiger partial charge is 0.313 e. The van der Waals surface area contributed by atoms with E-state index in [4.69, 9.17) is 0 Å². The molecule has 0 saturated heterocycles. The Hall–Kier alpha value is -1.49. The maximum Gasteiger partial charge on any atom is 0.313 e. The Morgan fingerprint density at radius 3 is 3.06 bits per heavy atom. The summed E-state index contributed by atoms with van der Waals surface area (Å²) in [6.07, 6.45) is 1.34. The quantitative estimate of drug-likeness (QED) is 0.666. The number of methoxy groups -OCH3 is 1. The molecule has 5 heteroatoms. The van der Waals surface area contributed by atoms with Gasteiger partial charge in [0.05, 0.1) is 18.1 Å². The van der Waals surface area contributed by atoms with Crippen molar-refractivity contribution in [3.63, 3.8) is 0 Å². The number of esters is 1. The van der Waals surface area contributed by atoms with Crippen LogP contribution in [0.5, 0.6) is 0 Å². The number of hydrogen-bond acceptors (Lipinski definition) is 4. The summed E-state index contributed by atoms with van der Waals surface area (Å²) in [6.45, 7) is 2.16. The first kappa shape index (κ1) is 13.0. The van der Waals surface area contributed by atoms with Gasteiger partial charge in [0.15, 0.2) is 0 Å². The van der Waals surface area contributed by atoms with Gasteiger partial charge in [-0.05, 0) is 30.4 Å². The van der Waals surface area contributed by atoms with Crippen LogP contribution in [0.15, 0.2) is 23.1 Å². The molecule has 0 radical (unpaired) electrons. The van der Waals surface area contributed by atoms with Crippen LogP contribution in [0.2, 0.25) is 0 Å². The molecule has 96 valence electrons. The second-order valence-electron chi connectivity index (χ2n) is 3.96. The van der Waals surface area contributed by atoms with E-state index < -0.39 is 0 Å². The van der Waals surface area contributed by atoms with Gasteiger partial charge in [0.2, 0.25) is 0 Å². The Kier molecular flexibility index (Phi) is 4.25. The van der Waals surface area contributed by atoms with Gasteiger partial charge in [0.25, 0.3) is 0 Å². The van der Waals surface area contributed by atoms with Crippen LogP contribution in [-0.2, 0) is 16.0 Å². The van der Waals surface area contributed by atoms with Crippen LogP contribution in [-0.4, -0.2) is 28.8 Å². The van der Waals surface area contributed by atoms with Crippen molar-refractivity contribution in [2.24, 2.45) is 0 Å². The zero-order chi connectivity index (χ0) is 13.0. The number of rotatable bonds is 5. The third-order valence-corrected chi connectivity index (χ3v) is 3.71. The molecule has 0 bridgehead atoms. The minimum Gasteiger partial charge on any atom is -0.469 e. The van der Waals surface area contributed by atoms with Crippen LogP contribution >= 0.6 is 11.8 Å². The fourth-order valence-corrected chi connectivity index (χ4v) is 2.45. The molecule has 0 aliphatic carbocycles. The van der Waals surface area contributed by atoms with E-state index in [1.54, 1.807) is 0 Å². The maximum absolute atomic E-state index is 11.2. The molecule has 1 N–H and O–H groups in total. The average Bonchev–Trinajstić information content (AvgIpc) is 2.77. The molecule has 0 unspecified atom stereocenters. The monoisotopic (exact) mass is 264 g/mol. The van der Waals surface area contributed by atoms with E-state index in [0.717, 1.165) is 23.2 Å². The fraction of sp³-hybridized carbons (Fsp3) is 0.385. The number of carbonyl (C=O) groups excluding carboxylic acids is 1. The highest BCUT2D eigenvalue weighted by Crippen LogP contribution is 2.23. The minimum absolute atomic E-state index is 0.183. The van der Waals surface area contributed by atoms with Crippen LogP contribution in [0.25, 0.3) is 11.0 Å². The number of aromatic amines is 1. The molecule has 2 rings (SSSR count). The van der Waals surface area contributed by atoms with Gasteiger partial charge in [-0.3, -0.25) is 4.79 Å². The zero-order valence-corrected chi connectivity index (χ0v) is 11.3. The Balaban J connectivity index is 2.19. The van der Waals surface area contributed by atoms with Crippen LogP contribution in [0, 0.1) is 0 Å². The highest BCUT2D eigenvalue weighted by molar-refractivity contribution is 7.99. The van der Waals surface area contributed by atoms with Crippen LogP contribution in [0.1, 0.15) is 19.2 Å². The van der Waals surface area contributed by atoms with Crippen LogP contribution in [0.3, 0.4) is 0 Å². The molecule has 0 fully saturated rings. The van der Waals surface area contributed by atoms with Crippen molar-refractivity contribution in [1.82, 2.24) is 9.97 Å². The number of fused-ring (bicyclic) bond motifs is 1. The number of nitrogens with zero attached hydrogens (tertiary/aromatic N) is 1. The predicted octanol–water partition coefficient (Wildman–Crippen LogP) is 2.78. The average molecular weight is 264 g/mol. The first-order valence-corrected chi connectivity index (χ1v) is 6.89. The van der Waals surface area contributed by atoms with Gasteiger partial charge in [-0.15, -0.1) is 11.8 Å². The van der Waals surface area contributed by atoms with E-state index in [1.165, 1.54) is 12.0 Å². The highest BCUT2D eigenvalue weighted by atomic mass is 32.2. The summed E-state index contributed by atoms with van der Waals surface area (Å²) >= 11 is 1.82. The standard InChI is InChI=1S/C13H16N2O2S/c1-3-6-18-9-4-5-10-11(7-9)15-12(14-10)8-13(16)17-2/h4-5,7H,3,6,8H2,1-2H3,(H,14,15). The lowest BCUT2D eigenvalue weighted by Gasteiger charge is -1.98. The summed E-state index contributed by atoms with van der Waals surface area (Å²) < 4.78 is 4.62. The van der Waals surface area contributed by atoms with Gasteiger partial charge >= 0.3 is 5.97 Å². The summed E-state index contributed by atoms with van der Waals surface area (Å²) in [5.74, 6) is 1.47. The first-order valence-electron chi connectivity index (χ1n) is 5.91. The molecule has 18 heavy (non-hydrogen) atoms. The molecule has 0 atom stereocenters. The maximum atomic E-state index is 11.2. The van der Waals surface area contributed by atoms with E-state index in [9.17, 15) is 4.79 Å². The van der Waals surface area contributed by atoms with E-state index in [1.807, 2.05) is 17.8 Å². The van der Waals surface area contributed by atoms with E-state index in [0.29, 0.717) is 5.82 Å². The van der Waals surface area contributed by atoms with Gasteiger partial charge in [-0.2, -0.15) is 0 Å². The molecule has 1 aromatic heterocycles. The Morgan fingerprint density at radius 1 is 1.50 bits per heavy atom. The fourth-order valence-electron chi connectivity index (χ4n) is 1.64. The summed E-state index contributed by atoms with van der Waals surface area (Å²) in [5.41, 5.74) is 1.85. The second kappa shape index (κ2) is 5.91. The molecule has 1 aromatic carbocycles. The van der Waals surface area contributed by atoms with Crippen molar-refractivity contribution >= 4 is 28.8 Å². The SMILES string of the molecule is CCCSc1ccc2nc(CC(=O)OC)[nH]c2c1. The van der Waals surface area contributed by atoms with E-state index in [-0.39, 0.29) is 12.4 Å². The lowest BCUT2D eigenvalue weighted by molar-refractivity contribution is -0.139. The van der Waals surface area contributed by atoms with Gasteiger partial charge in [-0.1, -0.05) is 6.92 Å². The first-order chi connectivity index (χ1) is 8.72. The Bertz CT molecular complexity index is 551. The second-order valence-corrected chi connectivity index (χ2v) is 5.13. The highest BCUT2D eigenvalue weighted by Gasteiger charge is 2.08. The van der Waals surface area contributed by atoms with Crippen molar-refractivity contribution in [2.75, 3.05) is 12.9 Å². The van der Waals surface area contributed by atoms with Gasteiger partial charge < -0.3 is 9.72 Å². The number of thioether (sulfide) groups is 1. The number of benzene rings is 1. The van der Waals surface area contributed by atoms with Crippen LogP contribution in [0.4, 0.5) is 0 Å². The lowest BCUT2D eigenvalue weighted by atomic mass is 10.3. The van der Waals surface area contributed by atoms with Gasteiger partial charge in [0.1, 0.15) is 12.2 Å². The van der Waals surface area contributed by atoms with E-state index in [2.05, 4.69) is 33.8 Å². The number of carbonyl (C=O) groups is 1. The lowest BCUT2D eigenvalue weighted by Crippen LogP contribution is -2.05. The molecule has 2 aromatic rings. The number of ether oxygens (including phenoxy) is 1. The molecule has 0 spiro atoms. The number of H-pyrrole nitrogens is 1. The summed E-state index contributed by atoms with van der Waals surface area (Å²) in [4.78, 5) is 19.9. The summed E-state index contributed by atoms with van der Waals surface area (Å²) in [7, 11) is 1.38. The normalized spacial score (nSPS) is 10.8. The summed E-state index contributed by atoms with van der Waals surface area (Å²) in [5, 5.41) is 0. The van der Waals surface area contributed by atoms with Crippen molar-refractivity contribution in [3.8, 4) is 0 Å². The van der Waals surface area contributed by atoms with Crippen molar-refractivity contribution in [3.05, 3.63) is 24.0 Å². The van der Waals surface area contributed by atoms with Gasteiger partial charge in [-0.25, -0.2) is 4.98 Å². The van der Waals surface area contributed by atoms with Gasteiger partial charge in [0, 0.05) is 4.90 Å². The Labute approximate surface area is 110 Å². The third kappa shape index (κ3) is 3.04. The predicted molar refractivity (Wildman–Crippen MR) is 72.8 cm³/mol. The molecule has 1 heterocycles. The van der Waals surface area contributed by atoms with Crippen molar-refractivity contribution in [1.29, 1.82) is 0 Å². The van der Waals surface area contributed by atoms with E-state index >= 15 is 0 Å². The molecule has 0 aliphatic rings. The molecular formula is C13H16N2O2S. The third-order valence-electron chi connectivity index (χ3n) is 2.51. The molecule has 4 nitrogen and oxygen atoms in total. The molecule has 0 saturated carbocycles. The topological polar surface area (TPSA) is 55.0 Å². The van der Waals surface area contributed by atoms with Crippen LogP contribution < -0.4 is 0 Å². The largest absolute Gasteiger partial charge is 0.469 e. The molecule has 0 amide bonds. The summed E-state index contributed by atoms with van der Waals surface area (Å²) in [6, 6.07) is 6.11. The minimum atomic E-state index is -0.283. The number of nitrogens with one attached hydrogen (secondary N) is 1. The molecule has 0 aliphatic heterocycles. The van der Waals surface area contributed by atoms with Crippen molar-refractivity contribution < 1.29 is 9.53 Å². The number of hydrogen-bond donors (Lipinski definition) is 1. The van der Waals surface area contributed by atoms with Crippen molar-refractivity contribution in [2.45, 2.75) is 24.7 Å². The molecular weight excluding hydrogens is 248 g/mol. The zero-order valence-electron chi connectivity index (χ0n) is 10.5.